The molecule has 1 aromatic heterocycles. The van der Waals surface area contributed by atoms with Gasteiger partial charge in [-0.2, -0.15) is 0 Å². The van der Waals surface area contributed by atoms with E-state index in [2.05, 4.69) is 176 Å². The average Bonchev–Trinajstić information content (AvgIpc) is 4.15. The smallest absolute Gasteiger partial charge is 0.121 e. The van der Waals surface area contributed by atoms with Gasteiger partial charge in [-0.3, -0.25) is 0 Å². The molecule has 68 heavy (non-hydrogen) atoms. The molecule has 0 fully saturated rings. The summed E-state index contributed by atoms with van der Waals surface area (Å²) >= 11 is 0. The van der Waals surface area contributed by atoms with Crippen LogP contribution in [0.2, 0.25) is 0 Å². The van der Waals surface area contributed by atoms with Gasteiger partial charge in [-0.25, -0.2) is 15.0 Å². The van der Waals surface area contributed by atoms with Gasteiger partial charge >= 0.3 is 0 Å². The van der Waals surface area contributed by atoms with E-state index >= 15 is 0 Å². The highest BCUT2D eigenvalue weighted by Crippen LogP contribution is 2.39. The Hall–Kier alpha value is -5.57. The summed E-state index contributed by atoms with van der Waals surface area (Å²) in [5.74, 6) is 2.70. The summed E-state index contributed by atoms with van der Waals surface area (Å²) in [5.41, 5.74) is 14.6. The van der Waals surface area contributed by atoms with E-state index in [1.54, 1.807) is 12.2 Å². The molecule has 3 unspecified atom stereocenters. The van der Waals surface area contributed by atoms with Crippen LogP contribution >= 0.6 is 0 Å². The number of aryl methyl sites for hydroxylation is 1. The molecular formula is C60H78N6O2. The van der Waals surface area contributed by atoms with E-state index in [0.29, 0.717) is 49.6 Å². The summed E-state index contributed by atoms with van der Waals surface area (Å²) in [5, 5.41) is 3.73. The quantitative estimate of drug-likeness (QED) is 0.0965. The van der Waals surface area contributed by atoms with Crippen LogP contribution in [0.3, 0.4) is 0 Å². The van der Waals surface area contributed by atoms with Crippen LogP contribution in [0.1, 0.15) is 129 Å². The summed E-state index contributed by atoms with van der Waals surface area (Å²) < 4.78 is 11.8. The molecule has 0 saturated heterocycles. The standard InChI is InChI=1S/C60H78N6O2/c1-12-34-67-36-14-16-46-48-24-28-52(62-48)56(44-21-18-41(3)19-22-44)53-29-25-49(63-53)47(17-15-37-68-35-13-2)51-27-31-55(65-51)57(54-30-26-50(46)64-54)58-61-32-33-66(58)40-45(43(5)39-60(9,10)11)23-20-42(4)38-59(6,7)8/h12-13,18-19,21-22,24-33,42-43,45,61-62H,1-2,14-17,20,23,34-40H2,3-11H3/b50-46?,51-47?,56-53?,58-57-. The Kier molecular flexibility index (Phi) is 16.8. The minimum Gasteiger partial charge on any atom is -0.377 e. The first-order valence-electron chi connectivity index (χ1n) is 25.2. The van der Waals surface area contributed by atoms with E-state index in [1.165, 1.54) is 31.2 Å². The summed E-state index contributed by atoms with van der Waals surface area (Å²) in [7, 11) is 0. The molecule has 2 aromatic rings. The molecule has 2 N–H and O–H groups in total. The van der Waals surface area contributed by atoms with Gasteiger partial charge in [0, 0.05) is 60.3 Å². The molecule has 0 spiro atoms. The highest BCUT2D eigenvalue weighted by atomic mass is 16.5. The second kappa shape index (κ2) is 22.7. The predicted octanol–water partition coefficient (Wildman–Crippen LogP) is 14.2. The lowest BCUT2D eigenvalue weighted by Crippen LogP contribution is -2.33. The number of benzene rings is 1. The molecule has 5 aliphatic rings. The SMILES string of the molecule is C=CCOCCCC1=C2C=CC(=N2)/C(=C2/NC=CN2CC(CCC(C)CC(C)(C)C)C(C)CC(C)(C)C)C2=NC(=C(CCCOCC=C)c3ccc([nH]3)C(c3ccc(C)cc3)=C3C=CC1=N3)C=C2. The number of allylic oxidation sites excluding steroid dienone is 9. The number of aliphatic imine (C=N–C) groups is 3. The number of hydrogen-bond donors (Lipinski definition) is 2. The third-order valence-electron chi connectivity index (χ3n) is 13.3. The van der Waals surface area contributed by atoms with Crippen molar-refractivity contribution in [1.29, 1.82) is 0 Å². The topological polar surface area (TPSA) is 86.6 Å². The first kappa shape index (κ1) is 50.3. The van der Waals surface area contributed by atoms with Crippen molar-refractivity contribution in [3.05, 3.63) is 167 Å². The number of fused-ring (bicyclic) bond motifs is 5. The third kappa shape index (κ3) is 13.1. The van der Waals surface area contributed by atoms with Crippen LogP contribution in [-0.2, 0) is 9.47 Å². The lowest BCUT2D eigenvalue weighted by molar-refractivity contribution is 0.160. The van der Waals surface area contributed by atoms with E-state index < -0.39 is 0 Å². The van der Waals surface area contributed by atoms with Crippen molar-refractivity contribution in [2.24, 2.45) is 43.6 Å². The van der Waals surface area contributed by atoms with Gasteiger partial charge in [-0.15, -0.1) is 13.2 Å². The van der Waals surface area contributed by atoms with Gasteiger partial charge in [0.15, 0.2) is 0 Å². The molecule has 0 aliphatic carbocycles. The van der Waals surface area contributed by atoms with Crippen molar-refractivity contribution in [3.8, 4) is 0 Å². The average molecular weight is 915 g/mol. The Morgan fingerprint density at radius 1 is 0.662 bits per heavy atom. The van der Waals surface area contributed by atoms with Crippen LogP contribution in [-0.4, -0.2) is 60.0 Å². The second-order valence-electron chi connectivity index (χ2n) is 21.9. The highest BCUT2D eigenvalue weighted by molar-refractivity contribution is 6.34. The second-order valence-corrected chi connectivity index (χ2v) is 21.9. The number of nitrogens with zero attached hydrogens (tertiary/aromatic N) is 4. The maximum absolute atomic E-state index is 5.91. The molecular weight excluding hydrogens is 837 g/mol. The maximum Gasteiger partial charge on any atom is 0.121 e. The molecule has 8 bridgehead atoms. The van der Waals surface area contributed by atoms with Gasteiger partial charge < -0.3 is 24.7 Å². The van der Waals surface area contributed by atoms with Crippen molar-refractivity contribution >= 4 is 28.3 Å². The number of hydrogen-bond acceptors (Lipinski definition) is 7. The van der Waals surface area contributed by atoms with Crippen LogP contribution in [0.15, 0.2) is 160 Å². The van der Waals surface area contributed by atoms with Crippen molar-refractivity contribution in [1.82, 2.24) is 15.2 Å². The monoisotopic (exact) mass is 915 g/mol. The van der Waals surface area contributed by atoms with Crippen LogP contribution in [0, 0.1) is 35.5 Å². The van der Waals surface area contributed by atoms with Crippen molar-refractivity contribution in [2.75, 3.05) is 33.0 Å². The Morgan fingerprint density at radius 2 is 1.24 bits per heavy atom. The van der Waals surface area contributed by atoms with Gasteiger partial charge in [-0.05, 0) is 135 Å². The molecule has 1 aromatic carbocycles. The van der Waals surface area contributed by atoms with Gasteiger partial charge in [0.1, 0.15) is 5.82 Å². The van der Waals surface area contributed by atoms with Crippen molar-refractivity contribution in [3.63, 3.8) is 0 Å². The maximum atomic E-state index is 5.91. The number of H-pyrrole nitrogens is 1. The lowest BCUT2D eigenvalue weighted by Gasteiger charge is -2.34. The number of rotatable bonds is 21. The number of aromatic nitrogens is 1. The molecule has 6 heterocycles. The van der Waals surface area contributed by atoms with Crippen molar-refractivity contribution < 1.29 is 9.47 Å². The molecule has 7 rings (SSSR count). The third-order valence-corrected chi connectivity index (χ3v) is 13.3. The van der Waals surface area contributed by atoms with Crippen LogP contribution in [0.5, 0.6) is 0 Å². The minimum absolute atomic E-state index is 0.235. The fourth-order valence-corrected chi connectivity index (χ4v) is 10.4. The van der Waals surface area contributed by atoms with Gasteiger partial charge in [0.25, 0.3) is 0 Å². The summed E-state index contributed by atoms with van der Waals surface area (Å²) in [4.78, 5) is 22.9. The largest absolute Gasteiger partial charge is 0.377 e. The first-order chi connectivity index (χ1) is 32.6. The number of aromatic amines is 1. The lowest BCUT2D eigenvalue weighted by atomic mass is 9.76. The predicted molar refractivity (Wildman–Crippen MR) is 287 cm³/mol. The molecule has 0 radical (unpaired) electrons. The molecule has 0 saturated carbocycles. The van der Waals surface area contributed by atoms with E-state index in [4.69, 9.17) is 24.5 Å². The normalized spacial score (nSPS) is 19.2. The molecule has 3 atom stereocenters. The van der Waals surface area contributed by atoms with Gasteiger partial charge in [0.2, 0.25) is 0 Å². The zero-order chi connectivity index (χ0) is 48.4. The Bertz CT molecular complexity index is 2510. The van der Waals surface area contributed by atoms with Crippen molar-refractivity contribution in [2.45, 2.75) is 114 Å². The zero-order valence-electron chi connectivity index (χ0n) is 42.7. The number of ether oxygens (including phenoxy) is 2. The van der Waals surface area contributed by atoms with Gasteiger partial charge in [-0.1, -0.05) is 104 Å². The molecule has 8 heteroatoms. The summed E-state index contributed by atoms with van der Waals surface area (Å²) in [6, 6.07) is 13.1. The molecule has 0 amide bonds. The Labute approximate surface area is 408 Å². The molecule has 360 valence electrons. The van der Waals surface area contributed by atoms with Gasteiger partial charge in [0.05, 0.1) is 53.0 Å². The van der Waals surface area contributed by atoms with Crippen LogP contribution < -0.4 is 5.32 Å². The van der Waals surface area contributed by atoms with E-state index in [1.807, 2.05) is 0 Å². The Balaban J connectivity index is 1.38. The minimum atomic E-state index is 0.235. The summed E-state index contributed by atoms with van der Waals surface area (Å²) in [6.45, 7) is 32.2. The Morgan fingerprint density at radius 3 is 1.87 bits per heavy atom. The van der Waals surface area contributed by atoms with E-state index in [-0.39, 0.29) is 5.41 Å². The zero-order valence-corrected chi connectivity index (χ0v) is 42.7. The van der Waals surface area contributed by atoms with E-state index in [9.17, 15) is 0 Å². The fraction of sp³-hybridized carbons (Fsp3) is 0.450. The van der Waals surface area contributed by atoms with E-state index in [0.717, 1.165) is 112 Å². The summed E-state index contributed by atoms with van der Waals surface area (Å²) in [6.07, 6.45) is 28.9. The van der Waals surface area contributed by atoms with Crippen LogP contribution in [0.25, 0.3) is 11.1 Å². The fourth-order valence-electron chi connectivity index (χ4n) is 10.4. The molecule has 8 nitrogen and oxygen atoms in total. The van der Waals surface area contributed by atoms with Crippen LogP contribution in [0.4, 0.5) is 0 Å². The molecule has 5 aliphatic heterocycles. The highest BCUT2D eigenvalue weighted by Gasteiger charge is 2.32. The first-order valence-corrected chi connectivity index (χ1v) is 25.2. The number of nitrogens with one attached hydrogen (secondary N) is 2.